The second-order valence-corrected chi connectivity index (χ2v) is 8.73. The first-order chi connectivity index (χ1) is 12.3. The molecule has 2 aliphatic rings. The molecule has 0 aromatic rings. The number of hydrogen-bond donors (Lipinski definition) is 0. The summed E-state index contributed by atoms with van der Waals surface area (Å²) >= 11 is 0. The Morgan fingerprint density at radius 3 is 2.33 bits per heavy atom. The van der Waals surface area contributed by atoms with Gasteiger partial charge in [0.1, 0.15) is 11.4 Å². The molecule has 5 nitrogen and oxygen atoms in total. The zero-order valence-electron chi connectivity index (χ0n) is 17.3. The summed E-state index contributed by atoms with van der Waals surface area (Å²) in [5.74, 6) is -0.449. The van der Waals surface area contributed by atoms with E-state index in [1.807, 2.05) is 27.7 Å². The smallest absolute Gasteiger partial charge is 0.443 e. The maximum absolute atomic E-state index is 13.9. The van der Waals surface area contributed by atoms with Crippen LogP contribution in [-0.4, -0.2) is 41.5 Å². The lowest BCUT2D eigenvalue weighted by molar-refractivity contribution is 0.00578. The number of rotatable bonds is 3. The third-order valence-electron chi connectivity index (χ3n) is 4.69. The van der Waals surface area contributed by atoms with E-state index in [9.17, 15) is 9.18 Å². The van der Waals surface area contributed by atoms with Gasteiger partial charge in [0, 0.05) is 0 Å². The molecule has 0 aromatic heterocycles. The van der Waals surface area contributed by atoms with Crippen molar-refractivity contribution in [2.75, 3.05) is 6.54 Å². The third-order valence-corrected chi connectivity index (χ3v) is 4.69. The lowest BCUT2D eigenvalue weighted by Gasteiger charge is -2.32. The molecule has 148 valence electrons. The van der Waals surface area contributed by atoms with Crippen molar-refractivity contribution in [3.63, 3.8) is 0 Å². The van der Waals surface area contributed by atoms with Crippen LogP contribution in [0.3, 0.4) is 0 Å². The predicted molar refractivity (Wildman–Crippen MR) is 105 cm³/mol. The summed E-state index contributed by atoms with van der Waals surface area (Å²) < 4.78 is 31.5. The molecular formula is C20H29BFNO4. The molecule has 2 heterocycles. The summed E-state index contributed by atoms with van der Waals surface area (Å²) in [5, 5.41) is 0. The SMILES string of the molecule is C=C/C=C(F)\C=C1\C=C(B2OC(C)(C)C(C)(C)O2)N(C(=O)OC(C)(C)C)C1. The Bertz CT molecular complexity index is 700. The monoisotopic (exact) mass is 377 g/mol. The Morgan fingerprint density at radius 2 is 1.85 bits per heavy atom. The van der Waals surface area contributed by atoms with Crippen LogP contribution in [0.25, 0.3) is 0 Å². The number of hydrogen-bond acceptors (Lipinski definition) is 4. The van der Waals surface area contributed by atoms with E-state index in [0.717, 1.165) is 0 Å². The van der Waals surface area contributed by atoms with Crippen LogP contribution < -0.4 is 0 Å². The average molecular weight is 377 g/mol. The van der Waals surface area contributed by atoms with Crippen molar-refractivity contribution in [1.29, 1.82) is 0 Å². The second kappa shape index (κ2) is 7.28. The van der Waals surface area contributed by atoms with Gasteiger partial charge < -0.3 is 14.0 Å². The Hall–Kier alpha value is -1.86. The Kier molecular flexibility index (Phi) is 5.78. The maximum atomic E-state index is 13.9. The van der Waals surface area contributed by atoms with Gasteiger partial charge in [-0.25, -0.2) is 9.18 Å². The molecule has 1 amide bonds. The van der Waals surface area contributed by atoms with Gasteiger partial charge in [-0.1, -0.05) is 12.7 Å². The summed E-state index contributed by atoms with van der Waals surface area (Å²) in [6.45, 7) is 16.8. The maximum Gasteiger partial charge on any atom is 0.512 e. The summed E-state index contributed by atoms with van der Waals surface area (Å²) in [6, 6.07) is 0. The Balaban J connectivity index is 2.36. The fraction of sp³-hybridized carbons (Fsp3) is 0.550. The quantitative estimate of drug-likeness (QED) is 0.528. The van der Waals surface area contributed by atoms with Crippen molar-refractivity contribution in [3.05, 3.63) is 47.9 Å². The topological polar surface area (TPSA) is 48.0 Å². The molecule has 2 aliphatic heterocycles. The fourth-order valence-electron chi connectivity index (χ4n) is 2.66. The first kappa shape index (κ1) is 21.4. The second-order valence-electron chi connectivity index (χ2n) is 8.73. The standard InChI is InChI=1S/C20H29BFNO4/c1-9-10-15(22)11-14-12-16(21-26-19(5,6)20(7,8)27-21)23(13-14)17(24)25-18(2,3)4/h9-12H,1,13H2,2-8H3/b14-11-,15-10+. The van der Waals surface area contributed by atoms with Crippen LogP contribution in [0.5, 0.6) is 0 Å². The molecule has 0 atom stereocenters. The van der Waals surface area contributed by atoms with Crippen molar-refractivity contribution in [1.82, 2.24) is 4.90 Å². The first-order valence-corrected chi connectivity index (χ1v) is 9.02. The molecule has 27 heavy (non-hydrogen) atoms. The van der Waals surface area contributed by atoms with Crippen LogP contribution in [-0.2, 0) is 14.0 Å². The molecule has 0 bridgehead atoms. The predicted octanol–water partition coefficient (Wildman–Crippen LogP) is 4.72. The normalized spacial score (nSPS) is 23.6. The van der Waals surface area contributed by atoms with Gasteiger partial charge in [0.05, 0.1) is 23.3 Å². The minimum absolute atomic E-state index is 0.173. The molecule has 0 unspecified atom stereocenters. The van der Waals surface area contributed by atoms with Gasteiger partial charge in [-0.3, -0.25) is 4.90 Å². The van der Waals surface area contributed by atoms with Gasteiger partial charge in [-0.05, 0) is 72.3 Å². The minimum Gasteiger partial charge on any atom is -0.443 e. The highest BCUT2D eigenvalue weighted by atomic mass is 19.1. The van der Waals surface area contributed by atoms with Gasteiger partial charge in [-0.2, -0.15) is 0 Å². The number of ether oxygens (including phenoxy) is 1. The van der Waals surface area contributed by atoms with Gasteiger partial charge in [-0.15, -0.1) is 0 Å². The summed E-state index contributed by atoms with van der Waals surface area (Å²) in [4.78, 5) is 14.1. The molecule has 0 radical (unpaired) electrons. The van der Waals surface area contributed by atoms with Crippen LogP contribution in [0.4, 0.5) is 9.18 Å². The van der Waals surface area contributed by atoms with Crippen LogP contribution >= 0.6 is 0 Å². The molecular weight excluding hydrogens is 348 g/mol. The van der Waals surface area contributed by atoms with Crippen LogP contribution in [0, 0.1) is 0 Å². The molecule has 0 spiro atoms. The molecule has 0 N–H and O–H groups in total. The summed E-state index contributed by atoms with van der Waals surface area (Å²) in [7, 11) is -0.750. The highest BCUT2D eigenvalue weighted by Gasteiger charge is 2.54. The largest absolute Gasteiger partial charge is 0.512 e. The van der Waals surface area contributed by atoms with E-state index in [1.165, 1.54) is 23.1 Å². The summed E-state index contributed by atoms with van der Waals surface area (Å²) in [5.41, 5.74) is -0.655. The van der Waals surface area contributed by atoms with E-state index < -0.39 is 35.8 Å². The molecule has 0 saturated carbocycles. The Morgan fingerprint density at radius 1 is 1.30 bits per heavy atom. The van der Waals surface area contributed by atoms with Crippen LogP contribution in [0.2, 0.25) is 0 Å². The van der Waals surface area contributed by atoms with Gasteiger partial charge in [0.15, 0.2) is 0 Å². The van der Waals surface area contributed by atoms with Crippen LogP contribution in [0.15, 0.2) is 47.9 Å². The minimum atomic E-state index is -0.750. The number of allylic oxidation sites excluding steroid dienone is 4. The molecule has 0 aromatic carbocycles. The Labute approximate surface area is 161 Å². The van der Waals surface area contributed by atoms with E-state index in [4.69, 9.17) is 14.0 Å². The number of nitrogens with zero attached hydrogens (tertiary/aromatic N) is 1. The zero-order valence-corrected chi connectivity index (χ0v) is 17.3. The van der Waals surface area contributed by atoms with Gasteiger partial charge in [0.25, 0.3) is 0 Å². The number of amides is 1. The average Bonchev–Trinajstić information content (AvgIpc) is 2.96. The highest BCUT2D eigenvalue weighted by molar-refractivity contribution is 6.55. The van der Waals surface area contributed by atoms with E-state index in [2.05, 4.69) is 6.58 Å². The molecule has 2 rings (SSSR count). The van der Waals surface area contributed by atoms with Crippen molar-refractivity contribution in [3.8, 4) is 0 Å². The van der Waals surface area contributed by atoms with E-state index in [0.29, 0.717) is 11.2 Å². The van der Waals surface area contributed by atoms with E-state index in [1.54, 1.807) is 26.8 Å². The van der Waals surface area contributed by atoms with Gasteiger partial charge in [0.2, 0.25) is 0 Å². The third kappa shape index (κ3) is 4.90. The lowest BCUT2D eigenvalue weighted by Crippen LogP contribution is -2.41. The number of halogens is 1. The zero-order chi connectivity index (χ0) is 20.6. The van der Waals surface area contributed by atoms with E-state index in [-0.39, 0.29) is 6.54 Å². The highest BCUT2D eigenvalue weighted by Crippen LogP contribution is 2.40. The number of carbonyl (C=O) groups excluding carboxylic acids is 1. The van der Waals surface area contributed by atoms with Gasteiger partial charge >= 0.3 is 13.2 Å². The van der Waals surface area contributed by atoms with Crippen molar-refractivity contribution >= 4 is 13.2 Å². The van der Waals surface area contributed by atoms with Crippen molar-refractivity contribution < 1.29 is 23.2 Å². The van der Waals surface area contributed by atoms with Crippen molar-refractivity contribution in [2.45, 2.75) is 65.3 Å². The molecule has 0 aliphatic carbocycles. The van der Waals surface area contributed by atoms with Crippen molar-refractivity contribution in [2.24, 2.45) is 0 Å². The van der Waals surface area contributed by atoms with E-state index >= 15 is 0 Å². The van der Waals surface area contributed by atoms with Crippen LogP contribution in [0.1, 0.15) is 48.5 Å². The molecule has 7 heteroatoms. The lowest BCUT2D eigenvalue weighted by atomic mass is 9.84. The summed E-state index contributed by atoms with van der Waals surface area (Å²) in [6.07, 6.45) is 5.16. The molecule has 1 saturated heterocycles. The first-order valence-electron chi connectivity index (χ1n) is 9.02. The molecule has 1 fully saturated rings. The number of carbonyl (C=O) groups is 1. The fourth-order valence-corrected chi connectivity index (χ4v) is 2.66.